The number of hydrogen-bond donors (Lipinski definition) is 0. The second kappa shape index (κ2) is 7.05. The Bertz CT molecular complexity index is 588. The van der Waals surface area contributed by atoms with Crippen molar-refractivity contribution in [3.63, 3.8) is 0 Å². The zero-order valence-corrected chi connectivity index (χ0v) is 13.9. The van der Waals surface area contributed by atoms with Gasteiger partial charge in [-0.2, -0.15) is 0 Å². The Morgan fingerprint density at radius 2 is 2.27 bits per heavy atom. The van der Waals surface area contributed by atoms with Crippen molar-refractivity contribution >= 4 is 17.2 Å². The molecule has 2 aromatic heterocycles. The normalized spacial score (nSPS) is 18.7. The van der Waals surface area contributed by atoms with Crippen LogP contribution in [0.5, 0.6) is 5.19 Å². The summed E-state index contributed by atoms with van der Waals surface area (Å²) in [6.07, 6.45) is 6.02. The van der Waals surface area contributed by atoms with E-state index < -0.39 is 0 Å². The van der Waals surface area contributed by atoms with Crippen molar-refractivity contribution in [3.8, 4) is 5.19 Å². The summed E-state index contributed by atoms with van der Waals surface area (Å²) in [6.45, 7) is 7.02. The van der Waals surface area contributed by atoms with E-state index in [0.29, 0.717) is 11.8 Å². The lowest BCUT2D eigenvalue weighted by Crippen LogP contribution is -2.38. The topological polar surface area (TPSA) is 51.1 Å². The summed E-state index contributed by atoms with van der Waals surface area (Å²) < 4.78 is 5.78. The molecule has 3 heterocycles. The van der Waals surface area contributed by atoms with E-state index >= 15 is 0 Å². The molecule has 1 unspecified atom stereocenters. The lowest BCUT2D eigenvalue weighted by atomic mass is 9.99. The monoisotopic (exact) mass is 318 g/mol. The SMILES string of the molecule is CC(C)c1nccc(N2CCCC(COc3nccs3)C2)n1. The van der Waals surface area contributed by atoms with E-state index in [1.165, 1.54) is 12.8 Å². The second-order valence-corrected chi connectivity index (χ2v) is 6.85. The molecule has 118 valence electrons. The Kier molecular flexibility index (Phi) is 4.87. The molecule has 1 aliphatic heterocycles. The highest BCUT2D eigenvalue weighted by Crippen LogP contribution is 2.24. The molecule has 1 fully saturated rings. The summed E-state index contributed by atoms with van der Waals surface area (Å²) in [5.74, 6) is 2.83. The van der Waals surface area contributed by atoms with E-state index in [-0.39, 0.29) is 0 Å². The standard InChI is InChI=1S/C16H22N4OS/c1-12(2)15-17-6-5-14(19-15)20-8-3-4-13(10-20)11-21-16-18-7-9-22-16/h5-7,9,12-13H,3-4,8,10-11H2,1-2H3. The third-order valence-electron chi connectivity index (χ3n) is 3.87. The van der Waals surface area contributed by atoms with E-state index in [0.717, 1.165) is 36.5 Å². The average molecular weight is 318 g/mol. The lowest BCUT2D eigenvalue weighted by Gasteiger charge is -2.33. The third kappa shape index (κ3) is 3.74. The van der Waals surface area contributed by atoms with Crippen LogP contribution in [0.3, 0.4) is 0 Å². The van der Waals surface area contributed by atoms with Crippen LogP contribution in [-0.4, -0.2) is 34.6 Å². The van der Waals surface area contributed by atoms with Gasteiger partial charge >= 0.3 is 0 Å². The summed E-state index contributed by atoms with van der Waals surface area (Å²) in [4.78, 5) is 15.6. The molecule has 6 heteroatoms. The molecular weight excluding hydrogens is 296 g/mol. The van der Waals surface area contributed by atoms with Crippen LogP contribution in [-0.2, 0) is 0 Å². The van der Waals surface area contributed by atoms with Crippen molar-refractivity contribution in [2.24, 2.45) is 5.92 Å². The molecule has 2 aromatic rings. The van der Waals surface area contributed by atoms with Gasteiger partial charge in [0.15, 0.2) is 0 Å². The molecular formula is C16H22N4OS. The first-order valence-corrected chi connectivity index (χ1v) is 8.70. The number of ether oxygens (including phenoxy) is 1. The fraction of sp³-hybridized carbons (Fsp3) is 0.562. The van der Waals surface area contributed by atoms with Crippen molar-refractivity contribution in [1.82, 2.24) is 15.0 Å². The molecule has 0 aliphatic carbocycles. The number of piperidine rings is 1. The minimum Gasteiger partial charge on any atom is -0.470 e. The summed E-state index contributed by atoms with van der Waals surface area (Å²) in [5, 5.41) is 2.71. The van der Waals surface area contributed by atoms with Gasteiger partial charge in [-0.3, -0.25) is 0 Å². The maximum absolute atomic E-state index is 5.78. The molecule has 5 nitrogen and oxygen atoms in total. The maximum atomic E-state index is 5.78. The van der Waals surface area contributed by atoms with Crippen molar-refractivity contribution < 1.29 is 4.74 Å². The smallest absolute Gasteiger partial charge is 0.273 e. The van der Waals surface area contributed by atoms with Gasteiger partial charge in [0.05, 0.1) is 6.61 Å². The Morgan fingerprint density at radius 3 is 3.05 bits per heavy atom. The molecule has 0 aromatic carbocycles. The number of anilines is 1. The predicted octanol–water partition coefficient (Wildman–Crippen LogP) is 3.35. The van der Waals surface area contributed by atoms with Gasteiger partial charge in [-0.25, -0.2) is 15.0 Å². The summed E-state index contributed by atoms with van der Waals surface area (Å²) in [6, 6.07) is 2.01. The third-order valence-corrected chi connectivity index (χ3v) is 4.55. The van der Waals surface area contributed by atoms with Crippen molar-refractivity contribution in [1.29, 1.82) is 0 Å². The van der Waals surface area contributed by atoms with Crippen LogP contribution in [0, 0.1) is 5.92 Å². The highest BCUT2D eigenvalue weighted by atomic mass is 32.1. The van der Waals surface area contributed by atoms with Crippen LogP contribution < -0.4 is 9.64 Å². The Balaban J connectivity index is 1.61. The quantitative estimate of drug-likeness (QED) is 0.846. The van der Waals surface area contributed by atoms with Crippen LogP contribution in [0.15, 0.2) is 23.8 Å². The van der Waals surface area contributed by atoms with Gasteiger partial charge in [-0.05, 0) is 18.9 Å². The van der Waals surface area contributed by atoms with Gasteiger partial charge in [-0.1, -0.05) is 25.2 Å². The van der Waals surface area contributed by atoms with E-state index in [1.54, 1.807) is 17.5 Å². The van der Waals surface area contributed by atoms with Crippen LogP contribution in [0.2, 0.25) is 0 Å². The number of aromatic nitrogens is 3. The Morgan fingerprint density at radius 1 is 1.36 bits per heavy atom. The Hall–Kier alpha value is -1.69. The van der Waals surface area contributed by atoms with Crippen molar-refractivity contribution in [2.45, 2.75) is 32.6 Å². The van der Waals surface area contributed by atoms with Crippen molar-refractivity contribution in [3.05, 3.63) is 29.7 Å². The molecule has 1 atom stereocenters. The minimum atomic E-state index is 0.355. The zero-order chi connectivity index (χ0) is 15.4. The first kappa shape index (κ1) is 15.2. The lowest BCUT2D eigenvalue weighted by molar-refractivity contribution is 0.227. The van der Waals surface area contributed by atoms with E-state index in [2.05, 4.69) is 28.7 Å². The predicted molar refractivity (Wildman–Crippen MR) is 88.7 cm³/mol. The molecule has 0 amide bonds. The molecule has 0 bridgehead atoms. The zero-order valence-electron chi connectivity index (χ0n) is 13.1. The summed E-state index contributed by atoms with van der Waals surface area (Å²) in [5.41, 5.74) is 0. The van der Waals surface area contributed by atoms with Crippen LogP contribution in [0.4, 0.5) is 5.82 Å². The fourth-order valence-corrected chi connectivity index (χ4v) is 3.19. The van der Waals surface area contributed by atoms with Gasteiger partial charge in [-0.15, -0.1) is 0 Å². The van der Waals surface area contributed by atoms with Crippen LogP contribution in [0.25, 0.3) is 0 Å². The molecule has 1 aliphatic rings. The maximum Gasteiger partial charge on any atom is 0.273 e. The highest BCUT2D eigenvalue weighted by Gasteiger charge is 2.22. The van der Waals surface area contributed by atoms with E-state index in [9.17, 15) is 0 Å². The Labute approximate surface area is 135 Å². The molecule has 0 radical (unpaired) electrons. The average Bonchev–Trinajstić information content (AvgIpc) is 3.07. The van der Waals surface area contributed by atoms with Crippen molar-refractivity contribution in [2.75, 3.05) is 24.6 Å². The molecule has 3 rings (SSSR count). The van der Waals surface area contributed by atoms with Gasteiger partial charge in [0, 0.05) is 42.7 Å². The van der Waals surface area contributed by atoms with Gasteiger partial charge < -0.3 is 9.64 Å². The molecule has 0 saturated carbocycles. The van der Waals surface area contributed by atoms with E-state index in [4.69, 9.17) is 9.72 Å². The van der Waals surface area contributed by atoms with Gasteiger partial charge in [0.25, 0.3) is 5.19 Å². The second-order valence-electron chi connectivity index (χ2n) is 5.99. The summed E-state index contributed by atoms with van der Waals surface area (Å²) >= 11 is 1.55. The van der Waals surface area contributed by atoms with Crippen LogP contribution in [0.1, 0.15) is 38.4 Å². The molecule has 22 heavy (non-hydrogen) atoms. The minimum absolute atomic E-state index is 0.355. The molecule has 0 spiro atoms. The fourth-order valence-electron chi connectivity index (χ4n) is 2.70. The highest BCUT2D eigenvalue weighted by molar-refractivity contribution is 7.11. The summed E-state index contributed by atoms with van der Waals surface area (Å²) in [7, 11) is 0. The number of nitrogens with zero attached hydrogens (tertiary/aromatic N) is 4. The van der Waals surface area contributed by atoms with Gasteiger partial charge in [0.1, 0.15) is 11.6 Å². The number of thiazole rings is 1. The largest absolute Gasteiger partial charge is 0.470 e. The number of rotatable bonds is 5. The molecule has 1 saturated heterocycles. The van der Waals surface area contributed by atoms with E-state index in [1.807, 2.05) is 17.6 Å². The first-order valence-electron chi connectivity index (χ1n) is 7.82. The number of hydrogen-bond acceptors (Lipinski definition) is 6. The van der Waals surface area contributed by atoms with Gasteiger partial charge in [0.2, 0.25) is 0 Å². The van der Waals surface area contributed by atoms with Crippen LogP contribution >= 0.6 is 11.3 Å². The molecule has 0 N–H and O–H groups in total. The first-order chi connectivity index (χ1) is 10.7.